The minimum Gasteiger partial charge on any atom is -0.339 e. The summed E-state index contributed by atoms with van der Waals surface area (Å²) in [5.41, 5.74) is 0.420. The summed E-state index contributed by atoms with van der Waals surface area (Å²) in [5, 5.41) is 7.99. The summed E-state index contributed by atoms with van der Waals surface area (Å²) in [7, 11) is -3.95. The summed E-state index contributed by atoms with van der Waals surface area (Å²) >= 11 is 6.63. The third kappa shape index (κ3) is 4.53. The van der Waals surface area contributed by atoms with Crippen molar-refractivity contribution >= 4 is 44.6 Å². The molecule has 158 valence electrons. The molecule has 0 atom stereocenters. The molecular weight excluding hydrogens is 455 g/mol. The van der Waals surface area contributed by atoms with E-state index < -0.39 is 28.3 Å². The number of benzene rings is 1. The summed E-state index contributed by atoms with van der Waals surface area (Å²) in [6.45, 7) is -0.564. The Balaban J connectivity index is 1.39. The lowest BCUT2D eigenvalue weighted by atomic mass is 9.85. The molecular formula is C18H16ClFN4O4S2. The second-order valence-corrected chi connectivity index (χ2v) is 10.1. The zero-order valence-corrected chi connectivity index (χ0v) is 17.8. The Morgan fingerprint density at radius 1 is 1.33 bits per heavy atom. The molecule has 2 N–H and O–H groups in total. The van der Waals surface area contributed by atoms with Crippen molar-refractivity contribution in [2.75, 3.05) is 11.9 Å². The van der Waals surface area contributed by atoms with Gasteiger partial charge in [-0.2, -0.15) is 4.98 Å². The highest BCUT2D eigenvalue weighted by Crippen LogP contribution is 2.36. The summed E-state index contributed by atoms with van der Waals surface area (Å²) in [5.74, 6) is -0.275. The minimum absolute atomic E-state index is 0.00188. The highest BCUT2D eigenvalue weighted by molar-refractivity contribution is 7.91. The molecule has 0 saturated heterocycles. The van der Waals surface area contributed by atoms with Crippen LogP contribution in [0.1, 0.15) is 31.1 Å². The number of nitrogens with zero attached hydrogens (tertiary/aromatic N) is 2. The van der Waals surface area contributed by atoms with E-state index in [0.29, 0.717) is 17.3 Å². The maximum Gasteiger partial charge on any atom is 0.250 e. The molecule has 8 nitrogen and oxygen atoms in total. The summed E-state index contributed by atoms with van der Waals surface area (Å²) < 4.78 is 46.1. The van der Waals surface area contributed by atoms with E-state index in [9.17, 15) is 17.6 Å². The monoisotopic (exact) mass is 470 g/mol. The molecule has 0 spiro atoms. The van der Waals surface area contributed by atoms with Crippen molar-refractivity contribution in [3.63, 3.8) is 0 Å². The highest BCUT2D eigenvalue weighted by atomic mass is 35.5. The van der Waals surface area contributed by atoms with Crippen molar-refractivity contribution in [2.24, 2.45) is 0 Å². The van der Waals surface area contributed by atoms with Crippen molar-refractivity contribution < 1.29 is 22.1 Å². The van der Waals surface area contributed by atoms with Crippen LogP contribution in [0.25, 0.3) is 11.4 Å². The molecule has 4 rings (SSSR count). The number of carbonyl (C=O) groups is 1. The van der Waals surface area contributed by atoms with Crippen LogP contribution < -0.4 is 10.0 Å². The topological polar surface area (TPSA) is 114 Å². The van der Waals surface area contributed by atoms with E-state index >= 15 is 0 Å². The van der Waals surface area contributed by atoms with E-state index in [4.69, 9.17) is 16.1 Å². The Morgan fingerprint density at radius 2 is 2.13 bits per heavy atom. The predicted octanol–water partition coefficient (Wildman–Crippen LogP) is 3.78. The van der Waals surface area contributed by atoms with Crippen LogP contribution in [0.4, 0.5) is 10.1 Å². The van der Waals surface area contributed by atoms with Crippen LogP contribution in [0.5, 0.6) is 0 Å². The first-order valence-corrected chi connectivity index (χ1v) is 11.7. The van der Waals surface area contributed by atoms with Gasteiger partial charge in [0.15, 0.2) is 0 Å². The van der Waals surface area contributed by atoms with Gasteiger partial charge in [0.05, 0.1) is 12.2 Å². The van der Waals surface area contributed by atoms with Gasteiger partial charge in [0.2, 0.25) is 17.6 Å². The molecule has 1 aliphatic carbocycles. The predicted molar refractivity (Wildman–Crippen MR) is 109 cm³/mol. The van der Waals surface area contributed by atoms with Gasteiger partial charge in [-0.1, -0.05) is 23.2 Å². The molecule has 1 aromatic carbocycles. The zero-order valence-electron chi connectivity index (χ0n) is 15.4. The molecule has 0 radical (unpaired) electrons. The number of rotatable bonds is 7. The Kier molecular flexibility index (Phi) is 5.87. The van der Waals surface area contributed by atoms with Crippen LogP contribution in [-0.4, -0.2) is 31.0 Å². The van der Waals surface area contributed by atoms with Crippen LogP contribution in [0.15, 0.2) is 38.4 Å². The number of aromatic nitrogens is 2. The molecule has 1 saturated carbocycles. The molecule has 1 aliphatic rings. The minimum atomic E-state index is -3.95. The van der Waals surface area contributed by atoms with Crippen molar-refractivity contribution in [1.82, 2.24) is 14.9 Å². The number of anilines is 1. The Bertz CT molecular complexity index is 1190. The van der Waals surface area contributed by atoms with E-state index in [2.05, 4.69) is 20.2 Å². The largest absolute Gasteiger partial charge is 0.339 e. The van der Waals surface area contributed by atoms with E-state index in [1.165, 1.54) is 18.2 Å². The standard InChI is InChI=1S/C18H16ClFN4O4S2/c19-12-4-5-14(13(20)7-12)22-15(25)8-21-30(26,27)16-6-11(9-29-16)17-23-18(28-24-17)10-2-1-3-10/h4-7,9-10,21H,1-3,8H2,(H,22,25). The van der Waals surface area contributed by atoms with Crippen LogP contribution in [-0.2, 0) is 14.8 Å². The number of sulfonamides is 1. The molecule has 1 fully saturated rings. The van der Waals surface area contributed by atoms with Crippen molar-refractivity contribution in [2.45, 2.75) is 29.4 Å². The fraction of sp³-hybridized carbons (Fsp3) is 0.278. The molecule has 1 amide bonds. The van der Waals surface area contributed by atoms with E-state index in [1.54, 1.807) is 5.38 Å². The summed E-state index contributed by atoms with van der Waals surface area (Å²) in [6, 6.07) is 5.16. The quantitative estimate of drug-likeness (QED) is 0.543. The molecule has 0 aliphatic heterocycles. The Labute approximate surface area is 180 Å². The smallest absolute Gasteiger partial charge is 0.250 e. The number of halogens is 2. The third-order valence-electron chi connectivity index (χ3n) is 4.62. The summed E-state index contributed by atoms with van der Waals surface area (Å²) in [6.07, 6.45) is 3.15. The van der Waals surface area contributed by atoms with Crippen LogP contribution >= 0.6 is 22.9 Å². The van der Waals surface area contributed by atoms with Crippen LogP contribution in [0.2, 0.25) is 5.02 Å². The molecule has 12 heteroatoms. The fourth-order valence-electron chi connectivity index (χ4n) is 2.77. The first-order valence-electron chi connectivity index (χ1n) is 8.99. The normalized spacial score (nSPS) is 14.5. The van der Waals surface area contributed by atoms with Crippen LogP contribution in [0.3, 0.4) is 0 Å². The SMILES string of the molecule is O=C(CNS(=O)(=O)c1cc(-c2noc(C3CCC3)n2)cs1)Nc1ccc(Cl)cc1F. The molecule has 3 aromatic rings. The van der Waals surface area contributed by atoms with Gasteiger partial charge in [-0.15, -0.1) is 11.3 Å². The first-order chi connectivity index (χ1) is 14.3. The number of nitrogens with one attached hydrogen (secondary N) is 2. The molecule has 0 bridgehead atoms. The van der Waals surface area contributed by atoms with Crippen LogP contribution in [0, 0.1) is 5.82 Å². The number of hydrogen-bond donors (Lipinski definition) is 2. The maximum atomic E-state index is 13.7. The van der Waals surface area contributed by atoms with Gasteiger partial charge in [0, 0.05) is 21.9 Å². The number of amides is 1. The summed E-state index contributed by atoms with van der Waals surface area (Å²) in [4.78, 5) is 16.3. The Morgan fingerprint density at radius 3 is 2.83 bits per heavy atom. The maximum absolute atomic E-state index is 13.7. The number of hydrogen-bond acceptors (Lipinski definition) is 7. The average molecular weight is 471 g/mol. The lowest BCUT2D eigenvalue weighted by molar-refractivity contribution is -0.115. The van der Waals surface area contributed by atoms with Gasteiger partial charge >= 0.3 is 0 Å². The van der Waals surface area contributed by atoms with Gasteiger partial charge in [0.1, 0.15) is 10.0 Å². The molecule has 2 heterocycles. The zero-order chi connectivity index (χ0) is 21.3. The lowest BCUT2D eigenvalue weighted by Gasteiger charge is -2.20. The molecule has 2 aromatic heterocycles. The second kappa shape index (κ2) is 8.42. The number of thiophene rings is 1. The van der Waals surface area contributed by atoms with Crippen molar-refractivity contribution in [1.29, 1.82) is 0 Å². The van der Waals surface area contributed by atoms with Gasteiger partial charge in [-0.3, -0.25) is 4.79 Å². The highest BCUT2D eigenvalue weighted by Gasteiger charge is 2.26. The van der Waals surface area contributed by atoms with Gasteiger partial charge in [-0.05, 0) is 37.1 Å². The molecule has 30 heavy (non-hydrogen) atoms. The van der Waals surface area contributed by atoms with Crippen molar-refractivity contribution in [3.8, 4) is 11.4 Å². The van der Waals surface area contributed by atoms with E-state index in [0.717, 1.165) is 36.7 Å². The lowest BCUT2D eigenvalue weighted by Crippen LogP contribution is -2.32. The molecule has 0 unspecified atom stereocenters. The van der Waals surface area contributed by atoms with Gasteiger partial charge in [-0.25, -0.2) is 17.5 Å². The third-order valence-corrected chi connectivity index (χ3v) is 7.70. The Hall–Kier alpha value is -2.34. The van der Waals surface area contributed by atoms with Gasteiger partial charge < -0.3 is 9.84 Å². The second-order valence-electron chi connectivity index (χ2n) is 6.74. The number of carbonyl (C=O) groups excluding carboxylic acids is 1. The van der Waals surface area contributed by atoms with E-state index in [-0.39, 0.29) is 20.8 Å². The average Bonchev–Trinajstić information content (AvgIpc) is 3.31. The van der Waals surface area contributed by atoms with Crippen molar-refractivity contribution in [3.05, 3.63) is 46.4 Å². The first kappa shape index (κ1) is 20.9. The van der Waals surface area contributed by atoms with Gasteiger partial charge in [0.25, 0.3) is 10.0 Å². The fourth-order valence-corrected chi connectivity index (χ4v) is 5.11. The van der Waals surface area contributed by atoms with E-state index in [1.807, 2.05) is 0 Å².